The van der Waals surface area contributed by atoms with Gasteiger partial charge in [0.1, 0.15) is 12.4 Å². The Morgan fingerprint density at radius 3 is 2.57 bits per heavy atom. The Morgan fingerprint density at radius 2 is 1.89 bits per heavy atom. The maximum absolute atomic E-state index is 12.4. The monoisotopic (exact) mass is 398 g/mol. The van der Waals surface area contributed by atoms with Gasteiger partial charge >= 0.3 is 0 Å². The van der Waals surface area contributed by atoms with E-state index in [1.54, 1.807) is 37.9 Å². The molecule has 0 saturated carbocycles. The third-order valence-electron chi connectivity index (χ3n) is 4.14. The van der Waals surface area contributed by atoms with Crippen molar-refractivity contribution in [2.75, 3.05) is 20.8 Å². The molecular weight excluding hydrogens is 376 g/mol. The number of hydrogen-bond donors (Lipinski definition) is 1. The van der Waals surface area contributed by atoms with Crippen LogP contribution in [0.2, 0.25) is 0 Å². The maximum Gasteiger partial charge on any atom is 0.251 e. The van der Waals surface area contributed by atoms with Gasteiger partial charge in [0.15, 0.2) is 11.5 Å². The van der Waals surface area contributed by atoms with Crippen LogP contribution < -0.4 is 19.5 Å². The van der Waals surface area contributed by atoms with Crippen LogP contribution in [0.4, 0.5) is 0 Å². The lowest BCUT2D eigenvalue weighted by atomic mass is 10.1. The van der Waals surface area contributed by atoms with Crippen LogP contribution in [0.25, 0.3) is 0 Å². The predicted molar refractivity (Wildman–Crippen MR) is 108 cm³/mol. The van der Waals surface area contributed by atoms with E-state index in [1.165, 1.54) is 11.3 Å². The molecule has 0 spiro atoms. The summed E-state index contributed by atoms with van der Waals surface area (Å²) < 4.78 is 16.3. The van der Waals surface area contributed by atoms with Crippen molar-refractivity contribution < 1.29 is 19.0 Å². The number of benzene rings is 2. The first kappa shape index (κ1) is 19.7. The first-order valence-electron chi connectivity index (χ1n) is 8.78. The van der Waals surface area contributed by atoms with Gasteiger partial charge in [-0.1, -0.05) is 12.1 Å². The summed E-state index contributed by atoms with van der Waals surface area (Å²) in [6.07, 6.45) is 0.738. The molecule has 3 aromatic rings. The fourth-order valence-corrected chi connectivity index (χ4v) is 3.15. The second-order valence-corrected chi connectivity index (χ2v) is 6.71. The molecule has 1 aromatic heterocycles. The smallest absolute Gasteiger partial charge is 0.251 e. The molecule has 0 aliphatic heterocycles. The summed E-state index contributed by atoms with van der Waals surface area (Å²) in [7, 11) is 3.19. The summed E-state index contributed by atoms with van der Waals surface area (Å²) in [6.45, 7) is 0.892. The van der Waals surface area contributed by atoms with E-state index in [0.717, 1.165) is 23.4 Å². The zero-order valence-electron chi connectivity index (χ0n) is 15.8. The molecule has 2 aromatic carbocycles. The molecule has 0 fully saturated rings. The molecule has 7 heteroatoms. The molecule has 3 rings (SSSR count). The van der Waals surface area contributed by atoms with Crippen LogP contribution in [0.3, 0.4) is 0 Å². The van der Waals surface area contributed by atoms with Gasteiger partial charge in [-0.15, -0.1) is 11.3 Å². The van der Waals surface area contributed by atoms with Crippen LogP contribution in [0.1, 0.15) is 21.6 Å². The van der Waals surface area contributed by atoms with Crippen molar-refractivity contribution >= 4 is 17.2 Å². The van der Waals surface area contributed by atoms with E-state index in [1.807, 2.05) is 29.6 Å². The summed E-state index contributed by atoms with van der Waals surface area (Å²) in [5.41, 5.74) is 4.26. The van der Waals surface area contributed by atoms with E-state index in [0.29, 0.717) is 30.2 Å². The topological polar surface area (TPSA) is 69.7 Å². The Balaban J connectivity index is 1.55. The lowest BCUT2D eigenvalue weighted by Crippen LogP contribution is -2.25. The maximum atomic E-state index is 12.4. The molecule has 146 valence electrons. The van der Waals surface area contributed by atoms with E-state index in [9.17, 15) is 4.79 Å². The highest BCUT2D eigenvalue weighted by Gasteiger charge is 2.11. The van der Waals surface area contributed by atoms with Crippen molar-refractivity contribution in [2.45, 2.75) is 13.0 Å². The van der Waals surface area contributed by atoms with Gasteiger partial charge < -0.3 is 19.5 Å². The number of methoxy groups -OCH3 is 2. The van der Waals surface area contributed by atoms with Gasteiger partial charge in [0.25, 0.3) is 5.91 Å². The van der Waals surface area contributed by atoms with Gasteiger partial charge in [0, 0.05) is 17.5 Å². The molecule has 0 unspecified atom stereocenters. The molecule has 0 aliphatic carbocycles. The highest BCUT2D eigenvalue weighted by molar-refractivity contribution is 7.07. The highest BCUT2D eigenvalue weighted by atomic mass is 32.1. The highest BCUT2D eigenvalue weighted by Crippen LogP contribution is 2.28. The van der Waals surface area contributed by atoms with Crippen LogP contribution in [0, 0.1) is 0 Å². The van der Waals surface area contributed by atoms with Gasteiger partial charge in [0.2, 0.25) is 0 Å². The second kappa shape index (κ2) is 9.75. The molecule has 0 bridgehead atoms. The molecule has 1 N–H and O–H groups in total. The quantitative estimate of drug-likeness (QED) is 0.595. The van der Waals surface area contributed by atoms with Gasteiger partial charge in [-0.3, -0.25) is 4.79 Å². The van der Waals surface area contributed by atoms with Gasteiger partial charge in [-0.2, -0.15) is 0 Å². The number of amides is 1. The summed E-state index contributed by atoms with van der Waals surface area (Å²) >= 11 is 1.52. The summed E-state index contributed by atoms with van der Waals surface area (Å²) in [4.78, 5) is 16.6. The largest absolute Gasteiger partial charge is 0.497 e. The number of hydrogen-bond acceptors (Lipinski definition) is 6. The van der Waals surface area contributed by atoms with Crippen molar-refractivity contribution in [1.29, 1.82) is 0 Å². The number of nitrogens with one attached hydrogen (secondary N) is 1. The number of carbonyl (C=O) groups is 1. The average molecular weight is 398 g/mol. The normalized spacial score (nSPS) is 10.4. The van der Waals surface area contributed by atoms with Gasteiger partial charge in [-0.25, -0.2) is 4.98 Å². The summed E-state index contributed by atoms with van der Waals surface area (Å²) in [5.74, 6) is 1.75. The first-order valence-corrected chi connectivity index (χ1v) is 9.73. The molecule has 0 atom stereocenters. The summed E-state index contributed by atoms with van der Waals surface area (Å²) in [6, 6.07) is 12.9. The van der Waals surface area contributed by atoms with Crippen LogP contribution in [0.5, 0.6) is 17.2 Å². The zero-order valence-corrected chi connectivity index (χ0v) is 16.6. The molecular formula is C21H22N2O4S. The minimum absolute atomic E-state index is 0.155. The molecule has 0 radical (unpaired) electrons. The fourth-order valence-electron chi connectivity index (χ4n) is 2.60. The SMILES string of the molecule is COc1ccc(CCNC(=O)c2ccc(OCc3cscn3)c(OC)c2)cc1. The minimum Gasteiger partial charge on any atom is -0.497 e. The van der Waals surface area contributed by atoms with Crippen molar-refractivity contribution in [3.05, 3.63) is 70.2 Å². The number of nitrogens with zero attached hydrogens (tertiary/aromatic N) is 1. The van der Waals surface area contributed by atoms with Crippen LogP contribution >= 0.6 is 11.3 Å². The fraction of sp³-hybridized carbons (Fsp3) is 0.238. The Kier molecular flexibility index (Phi) is 6.86. The van der Waals surface area contributed by atoms with Crippen LogP contribution in [-0.4, -0.2) is 31.7 Å². The Morgan fingerprint density at radius 1 is 1.07 bits per heavy atom. The number of carbonyl (C=O) groups excluding carboxylic acids is 1. The van der Waals surface area contributed by atoms with E-state index < -0.39 is 0 Å². The van der Waals surface area contributed by atoms with Gasteiger partial charge in [0.05, 0.1) is 25.4 Å². The minimum atomic E-state index is -0.155. The van der Waals surface area contributed by atoms with Crippen molar-refractivity contribution in [1.82, 2.24) is 10.3 Å². The van der Waals surface area contributed by atoms with E-state index in [-0.39, 0.29) is 5.91 Å². The Labute approximate surface area is 168 Å². The van der Waals surface area contributed by atoms with Crippen molar-refractivity contribution in [2.24, 2.45) is 0 Å². The zero-order chi connectivity index (χ0) is 19.8. The average Bonchev–Trinajstić information content (AvgIpc) is 3.26. The molecule has 6 nitrogen and oxygen atoms in total. The van der Waals surface area contributed by atoms with Crippen LogP contribution in [-0.2, 0) is 13.0 Å². The van der Waals surface area contributed by atoms with Gasteiger partial charge in [-0.05, 0) is 42.3 Å². The molecule has 1 amide bonds. The third kappa shape index (κ3) is 5.23. The molecule has 1 heterocycles. The van der Waals surface area contributed by atoms with E-state index >= 15 is 0 Å². The first-order chi connectivity index (χ1) is 13.7. The number of aromatic nitrogens is 1. The number of rotatable bonds is 9. The summed E-state index contributed by atoms with van der Waals surface area (Å²) in [5, 5.41) is 4.85. The Bertz CT molecular complexity index is 895. The van der Waals surface area contributed by atoms with Crippen LogP contribution in [0.15, 0.2) is 53.4 Å². The van der Waals surface area contributed by atoms with E-state index in [2.05, 4.69) is 10.3 Å². The van der Waals surface area contributed by atoms with Crippen molar-refractivity contribution in [3.8, 4) is 17.2 Å². The van der Waals surface area contributed by atoms with Crippen molar-refractivity contribution in [3.63, 3.8) is 0 Å². The lowest BCUT2D eigenvalue weighted by molar-refractivity contribution is 0.0953. The third-order valence-corrected chi connectivity index (χ3v) is 4.78. The molecule has 0 saturated heterocycles. The molecule has 28 heavy (non-hydrogen) atoms. The Hall–Kier alpha value is -3.06. The standard InChI is InChI=1S/C21H22N2O4S/c1-25-18-6-3-15(4-7-18)9-10-22-21(24)16-5-8-19(20(11-16)26-2)27-12-17-13-28-14-23-17/h3-8,11,13-14H,9-10,12H2,1-2H3,(H,22,24). The molecule has 0 aliphatic rings. The second-order valence-electron chi connectivity index (χ2n) is 5.99. The lowest BCUT2D eigenvalue weighted by Gasteiger charge is -2.12. The van der Waals surface area contributed by atoms with E-state index in [4.69, 9.17) is 14.2 Å². The number of thiazole rings is 1. The predicted octanol–water partition coefficient (Wildman–Crippen LogP) is 3.71. The number of ether oxygens (including phenoxy) is 3.